The molecular weight excluding hydrogens is 271 g/mol. The summed E-state index contributed by atoms with van der Waals surface area (Å²) in [5, 5.41) is 9.19. The second-order valence-corrected chi connectivity index (χ2v) is 6.39. The Balaban J connectivity index is 2.57. The number of methoxy groups -OCH3 is 1. The van der Waals surface area contributed by atoms with Gasteiger partial charge < -0.3 is 9.84 Å². The molecule has 3 nitrogen and oxygen atoms in total. The fourth-order valence-electron chi connectivity index (χ4n) is 3.04. The minimum atomic E-state index is -1.52. The first-order valence-corrected chi connectivity index (χ1v) is 7.34. The number of rotatable bonds is 6. The molecule has 0 heterocycles. The summed E-state index contributed by atoms with van der Waals surface area (Å²) >= 11 is 0. The summed E-state index contributed by atoms with van der Waals surface area (Å²) in [6.07, 6.45) is 2.13. The highest BCUT2D eigenvalue weighted by Gasteiger charge is 2.38. The van der Waals surface area contributed by atoms with Crippen molar-refractivity contribution in [3.8, 4) is 5.75 Å². The minimum absolute atomic E-state index is 0.0675. The van der Waals surface area contributed by atoms with E-state index >= 15 is 0 Å². The number of ether oxygens (including phenoxy) is 1. The Morgan fingerprint density at radius 2 is 2.10 bits per heavy atom. The van der Waals surface area contributed by atoms with Crippen LogP contribution in [0.2, 0.25) is 0 Å². The van der Waals surface area contributed by atoms with Gasteiger partial charge in [0, 0.05) is 17.0 Å². The van der Waals surface area contributed by atoms with E-state index in [1.165, 1.54) is 21.0 Å². The van der Waals surface area contributed by atoms with Crippen LogP contribution in [0, 0.1) is 12.8 Å². The molecule has 1 aliphatic carbocycles. The van der Waals surface area contributed by atoms with E-state index in [0.717, 1.165) is 24.0 Å². The molecule has 21 heavy (non-hydrogen) atoms. The molecule has 0 aromatic heterocycles. The van der Waals surface area contributed by atoms with E-state index in [-0.39, 0.29) is 12.3 Å². The van der Waals surface area contributed by atoms with E-state index < -0.39 is 11.6 Å². The van der Waals surface area contributed by atoms with Gasteiger partial charge in [-0.25, -0.2) is 4.39 Å². The van der Waals surface area contributed by atoms with Gasteiger partial charge in [0.25, 0.3) is 0 Å². The first kappa shape index (κ1) is 15.8. The molecule has 116 valence electrons. The monoisotopic (exact) mass is 294 g/mol. The first-order chi connectivity index (χ1) is 9.75. The lowest BCUT2D eigenvalue weighted by atomic mass is 9.83. The van der Waals surface area contributed by atoms with Crippen molar-refractivity contribution in [2.24, 2.45) is 5.92 Å². The van der Waals surface area contributed by atoms with Crippen LogP contribution in [0.1, 0.15) is 55.7 Å². The third kappa shape index (κ3) is 3.36. The molecule has 4 heteroatoms. The van der Waals surface area contributed by atoms with Crippen LogP contribution in [0.5, 0.6) is 5.75 Å². The van der Waals surface area contributed by atoms with Crippen LogP contribution in [-0.2, 0) is 10.5 Å². The van der Waals surface area contributed by atoms with Gasteiger partial charge in [-0.2, -0.15) is 0 Å². The van der Waals surface area contributed by atoms with E-state index in [0.29, 0.717) is 17.2 Å². The van der Waals surface area contributed by atoms with Crippen LogP contribution in [0.3, 0.4) is 0 Å². The summed E-state index contributed by atoms with van der Waals surface area (Å²) in [5.41, 5.74) is 0.802. The number of hydrogen-bond acceptors (Lipinski definition) is 2. The standard InChI is InChI=1S/C17H23FO3/c1-10-5-8-13(17(2,3)18)16(21-4)15(10)12(9-14(19)20)11-6-7-11/h5,8,11-12H,6-7,9H2,1-4H3,(H,19,20). The molecule has 0 aliphatic heterocycles. The van der Waals surface area contributed by atoms with Crippen molar-refractivity contribution in [2.45, 2.75) is 51.6 Å². The Hall–Kier alpha value is -1.58. The molecule has 1 aromatic rings. The lowest BCUT2D eigenvalue weighted by molar-refractivity contribution is -0.137. The predicted octanol–water partition coefficient (Wildman–Crippen LogP) is 4.18. The highest BCUT2D eigenvalue weighted by molar-refractivity contribution is 5.69. The van der Waals surface area contributed by atoms with E-state index in [9.17, 15) is 14.3 Å². The van der Waals surface area contributed by atoms with Gasteiger partial charge in [-0.05, 0) is 45.1 Å². The topological polar surface area (TPSA) is 46.5 Å². The molecule has 1 unspecified atom stereocenters. The van der Waals surface area contributed by atoms with E-state index in [1.807, 2.05) is 13.0 Å². The van der Waals surface area contributed by atoms with Crippen molar-refractivity contribution in [3.63, 3.8) is 0 Å². The highest BCUT2D eigenvalue weighted by atomic mass is 19.1. The SMILES string of the molecule is COc1c(C(C)(C)F)ccc(C)c1C(CC(=O)O)C1CC1. The molecule has 0 saturated heterocycles. The summed E-state index contributed by atoms with van der Waals surface area (Å²) in [6.45, 7) is 4.92. The van der Waals surface area contributed by atoms with Crippen LogP contribution < -0.4 is 4.74 Å². The molecule has 1 N–H and O–H groups in total. The molecular formula is C17H23FO3. The summed E-state index contributed by atoms with van der Waals surface area (Å²) in [6, 6.07) is 3.61. The van der Waals surface area contributed by atoms with Crippen molar-refractivity contribution in [2.75, 3.05) is 7.11 Å². The number of carbonyl (C=O) groups is 1. The van der Waals surface area contributed by atoms with Crippen LogP contribution in [0.15, 0.2) is 12.1 Å². The van der Waals surface area contributed by atoms with E-state index in [4.69, 9.17) is 4.74 Å². The van der Waals surface area contributed by atoms with E-state index in [2.05, 4.69) is 0 Å². The zero-order valence-electron chi connectivity index (χ0n) is 13.1. The molecule has 0 bridgehead atoms. The number of aliphatic carboxylic acids is 1. The van der Waals surface area contributed by atoms with Gasteiger partial charge in [-0.15, -0.1) is 0 Å². The number of benzene rings is 1. The van der Waals surface area contributed by atoms with Crippen LogP contribution in [0.25, 0.3) is 0 Å². The van der Waals surface area contributed by atoms with Crippen LogP contribution >= 0.6 is 0 Å². The normalized spacial score (nSPS) is 16.6. The molecule has 0 spiro atoms. The van der Waals surface area contributed by atoms with Gasteiger partial charge >= 0.3 is 5.97 Å². The van der Waals surface area contributed by atoms with Crippen LogP contribution in [0.4, 0.5) is 4.39 Å². The molecule has 1 atom stereocenters. The Bertz CT molecular complexity index is 542. The zero-order chi connectivity index (χ0) is 15.8. The van der Waals surface area contributed by atoms with Gasteiger partial charge in [0.1, 0.15) is 11.4 Å². The summed E-state index contributed by atoms with van der Waals surface area (Å²) in [4.78, 5) is 11.2. The zero-order valence-corrected chi connectivity index (χ0v) is 13.1. The Morgan fingerprint density at radius 1 is 1.48 bits per heavy atom. The Kier molecular flexibility index (Phi) is 4.26. The minimum Gasteiger partial charge on any atom is -0.496 e. The fraction of sp³-hybridized carbons (Fsp3) is 0.588. The average Bonchev–Trinajstić information content (AvgIpc) is 3.18. The molecule has 2 rings (SSSR count). The van der Waals surface area contributed by atoms with Crippen molar-refractivity contribution >= 4 is 5.97 Å². The highest BCUT2D eigenvalue weighted by Crippen LogP contribution is 2.50. The third-order valence-corrected chi connectivity index (χ3v) is 4.22. The smallest absolute Gasteiger partial charge is 0.303 e. The maximum Gasteiger partial charge on any atom is 0.303 e. The largest absolute Gasteiger partial charge is 0.496 e. The maximum atomic E-state index is 14.4. The molecule has 0 amide bonds. The number of carboxylic acids is 1. The molecule has 1 fully saturated rings. The van der Waals surface area contributed by atoms with E-state index in [1.54, 1.807) is 6.07 Å². The first-order valence-electron chi connectivity index (χ1n) is 7.34. The lowest BCUT2D eigenvalue weighted by Gasteiger charge is -2.26. The van der Waals surface area contributed by atoms with Crippen molar-refractivity contribution in [3.05, 3.63) is 28.8 Å². The van der Waals surface area contributed by atoms with Gasteiger partial charge in [0.15, 0.2) is 0 Å². The van der Waals surface area contributed by atoms with Gasteiger partial charge in [0.2, 0.25) is 0 Å². The van der Waals surface area contributed by atoms with Gasteiger partial charge in [-0.3, -0.25) is 4.79 Å². The third-order valence-electron chi connectivity index (χ3n) is 4.22. The van der Waals surface area contributed by atoms with Crippen molar-refractivity contribution < 1.29 is 19.0 Å². The second-order valence-electron chi connectivity index (χ2n) is 6.39. The quantitative estimate of drug-likeness (QED) is 0.856. The summed E-state index contributed by atoms with van der Waals surface area (Å²) < 4.78 is 19.9. The van der Waals surface area contributed by atoms with Gasteiger partial charge in [-0.1, -0.05) is 12.1 Å². The van der Waals surface area contributed by atoms with Crippen LogP contribution in [-0.4, -0.2) is 18.2 Å². The number of halogens is 1. The average molecular weight is 294 g/mol. The summed E-state index contributed by atoms with van der Waals surface area (Å²) in [7, 11) is 1.53. The number of carboxylic acid groups (broad SMARTS) is 1. The Morgan fingerprint density at radius 3 is 2.52 bits per heavy atom. The summed E-state index contributed by atoms with van der Waals surface area (Å²) in [5.74, 6) is -0.0367. The fourth-order valence-corrected chi connectivity index (χ4v) is 3.04. The number of aryl methyl sites for hydroxylation is 1. The van der Waals surface area contributed by atoms with Crippen molar-refractivity contribution in [1.29, 1.82) is 0 Å². The molecule has 0 radical (unpaired) electrons. The second kappa shape index (κ2) is 5.66. The number of alkyl halides is 1. The molecule has 1 aliphatic rings. The lowest BCUT2D eigenvalue weighted by Crippen LogP contribution is -2.16. The molecule has 1 saturated carbocycles. The maximum absolute atomic E-state index is 14.4. The van der Waals surface area contributed by atoms with Gasteiger partial charge in [0.05, 0.1) is 13.5 Å². The predicted molar refractivity (Wildman–Crippen MR) is 79.6 cm³/mol. The van der Waals surface area contributed by atoms with Crippen molar-refractivity contribution in [1.82, 2.24) is 0 Å². The molecule has 1 aromatic carbocycles. The number of hydrogen-bond donors (Lipinski definition) is 1. The Labute approximate surface area is 125 Å².